The maximum absolute atomic E-state index is 13.8. The average Bonchev–Trinajstić information content (AvgIpc) is 2.42. The molecule has 0 heterocycles. The molecule has 0 amide bonds. The van der Waals surface area contributed by atoms with Crippen molar-refractivity contribution in [1.82, 2.24) is 5.32 Å². The smallest absolute Gasteiger partial charge is 0.162 e. The van der Waals surface area contributed by atoms with Crippen LogP contribution < -0.4 is 5.32 Å². The molecule has 4 heteroatoms. The third kappa shape index (κ3) is 4.02. The number of rotatable bonds is 5. The monoisotopic (exact) mass is 309 g/mol. The Morgan fingerprint density at radius 1 is 1.19 bits per heavy atom. The van der Waals surface area contributed by atoms with Crippen molar-refractivity contribution in [2.45, 2.75) is 26.3 Å². The summed E-state index contributed by atoms with van der Waals surface area (Å²) in [5.41, 5.74) is 2.38. The Kier molecular flexibility index (Phi) is 5.32. The minimum atomic E-state index is -0.815. The van der Waals surface area contributed by atoms with Gasteiger partial charge in [-0.15, -0.1) is 0 Å². The molecule has 0 bridgehead atoms. The van der Waals surface area contributed by atoms with Gasteiger partial charge in [0.1, 0.15) is 0 Å². The topological polar surface area (TPSA) is 12.0 Å². The van der Waals surface area contributed by atoms with Crippen LogP contribution in [0.5, 0.6) is 0 Å². The Morgan fingerprint density at radius 2 is 1.95 bits per heavy atom. The van der Waals surface area contributed by atoms with Crippen molar-refractivity contribution >= 4 is 11.6 Å². The van der Waals surface area contributed by atoms with Gasteiger partial charge in [0.2, 0.25) is 0 Å². The van der Waals surface area contributed by atoms with Crippen molar-refractivity contribution in [1.29, 1.82) is 0 Å². The van der Waals surface area contributed by atoms with Crippen LogP contribution in [0.3, 0.4) is 0 Å². The molecule has 1 unspecified atom stereocenters. The molecule has 0 saturated heterocycles. The van der Waals surface area contributed by atoms with E-state index in [-0.39, 0.29) is 6.04 Å². The SMILES string of the molecule is CCNC(Cc1cccc(F)c1F)c1cc(C)cc(Cl)c1. The number of hydrogen-bond donors (Lipinski definition) is 1. The van der Waals surface area contributed by atoms with Crippen LogP contribution in [0.15, 0.2) is 36.4 Å². The van der Waals surface area contributed by atoms with Crippen molar-refractivity contribution in [2.24, 2.45) is 0 Å². The van der Waals surface area contributed by atoms with Gasteiger partial charge in [-0.05, 0) is 54.8 Å². The minimum absolute atomic E-state index is 0.108. The molecule has 21 heavy (non-hydrogen) atoms. The van der Waals surface area contributed by atoms with Gasteiger partial charge in [0.15, 0.2) is 11.6 Å². The molecule has 0 spiro atoms. The molecular weight excluding hydrogens is 292 g/mol. The highest BCUT2D eigenvalue weighted by atomic mass is 35.5. The molecule has 0 aromatic heterocycles. The average molecular weight is 310 g/mol. The zero-order valence-electron chi connectivity index (χ0n) is 12.1. The molecule has 2 aromatic carbocycles. The normalized spacial score (nSPS) is 12.4. The van der Waals surface area contributed by atoms with Gasteiger partial charge in [0.25, 0.3) is 0 Å². The Labute approximate surface area is 128 Å². The molecule has 2 rings (SSSR count). The lowest BCUT2D eigenvalue weighted by molar-refractivity contribution is 0.481. The second-order valence-corrected chi connectivity index (χ2v) is 5.53. The fourth-order valence-electron chi connectivity index (χ4n) is 2.45. The van der Waals surface area contributed by atoms with Gasteiger partial charge < -0.3 is 5.32 Å². The number of aryl methyl sites for hydroxylation is 1. The van der Waals surface area contributed by atoms with Crippen molar-refractivity contribution < 1.29 is 8.78 Å². The fourth-order valence-corrected chi connectivity index (χ4v) is 2.74. The van der Waals surface area contributed by atoms with Gasteiger partial charge in [-0.2, -0.15) is 0 Å². The summed E-state index contributed by atoms with van der Waals surface area (Å²) >= 11 is 6.09. The third-order valence-electron chi connectivity index (χ3n) is 3.37. The van der Waals surface area contributed by atoms with Gasteiger partial charge in [-0.1, -0.05) is 36.7 Å². The summed E-state index contributed by atoms with van der Waals surface area (Å²) in [6.07, 6.45) is 0.372. The first kappa shape index (κ1) is 15.9. The highest BCUT2D eigenvalue weighted by Gasteiger charge is 2.16. The first-order chi connectivity index (χ1) is 10.0. The van der Waals surface area contributed by atoms with E-state index in [9.17, 15) is 8.78 Å². The van der Waals surface area contributed by atoms with E-state index >= 15 is 0 Å². The van der Waals surface area contributed by atoms with Crippen LogP contribution in [0.2, 0.25) is 5.02 Å². The van der Waals surface area contributed by atoms with Crippen molar-refractivity contribution in [3.8, 4) is 0 Å². The molecule has 0 aliphatic heterocycles. The van der Waals surface area contributed by atoms with E-state index < -0.39 is 11.6 Å². The molecular formula is C17H18ClF2N. The molecule has 1 nitrogen and oxygen atoms in total. The van der Waals surface area contributed by atoms with Crippen molar-refractivity contribution in [3.63, 3.8) is 0 Å². The summed E-state index contributed by atoms with van der Waals surface area (Å²) in [4.78, 5) is 0. The molecule has 0 aliphatic carbocycles. The second-order valence-electron chi connectivity index (χ2n) is 5.09. The van der Waals surface area contributed by atoms with Gasteiger partial charge in [-0.25, -0.2) is 8.78 Å². The highest BCUT2D eigenvalue weighted by Crippen LogP contribution is 2.25. The van der Waals surface area contributed by atoms with Crippen LogP contribution in [0.1, 0.15) is 29.7 Å². The Morgan fingerprint density at radius 3 is 2.62 bits per heavy atom. The summed E-state index contributed by atoms with van der Waals surface area (Å²) < 4.78 is 27.2. The molecule has 0 fully saturated rings. The van der Waals surface area contributed by atoms with E-state index in [2.05, 4.69) is 5.32 Å². The maximum atomic E-state index is 13.8. The van der Waals surface area contributed by atoms with Crippen molar-refractivity contribution in [2.75, 3.05) is 6.54 Å². The van der Waals surface area contributed by atoms with Gasteiger partial charge >= 0.3 is 0 Å². The molecule has 2 aromatic rings. The van der Waals surface area contributed by atoms with Gasteiger partial charge in [0, 0.05) is 11.1 Å². The van der Waals surface area contributed by atoms with E-state index in [0.29, 0.717) is 17.0 Å². The lowest BCUT2D eigenvalue weighted by atomic mass is 9.97. The zero-order valence-corrected chi connectivity index (χ0v) is 12.8. The summed E-state index contributed by atoms with van der Waals surface area (Å²) in [6.45, 7) is 4.67. The van der Waals surface area contributed by atoms with Crippen LogP contribution in [-0.2, 0) is 6.42 Å². The maximum Gasteiger partial charge on any atom is 0.162 e. The van der Waals surface area contributed by atoms with E-state index in [0.717, 1.165) is 23.7 Å². The zero-order chi connectivity index (χ0) is 15.4. The summed E-state index contributed by atoms with van der Waals surface area (Å²) in [6, 6.07) is 9.90. The largest absolute Gasteiger partial charge is 0.310 e. The number of benzene rings is 2. The molecule has 0 aliphatic rings. The predicted octanol–water partition coefficient (Wildman–Crippen LogP) is 4.82. The lowest BCUT2D eigenvalue weighted by Crippen LogP contribution is -2.23. The third-order valence-corrected chi connectivity index (χ3v) is 3.59. The Bertz CT molecular complexity index is 608. The predicted molar refractivity (Wildman–Crippen MR) is 82.7 cm³/mol. The number of likely N-dealkylation sites (N-methyl/N-ethyl adjacent to an activating group) is 1. The highest BCUT2D eigenvalue weighted by molar-refractivity contribution is 6.30. The Hall–Kier alpha value is -1.45. The first-order valence-corrected chi connectivity index (χ1v) is 7.32. The Balaban J connectivity index is 2.32. The quantitative estimate of drug-likeness (QED) is 0.835. The summed E-state index contributed by atoms with van der Waals surface area (Å²) in [5.74, 6) is -1.59. The molecule has 0 saturated carbocycles. The van der Waals surface area contributed by atoms with Crippen LogP contribution in [0.4, 0.5) is 8.78 Å². The number of nitrogens with one attached hydrogen (secondary N) is 1. The van der Waals surface area contributed by atoms with E-state index in [4.69, 9.17) is 11.6 Å². The molecule has 0 radical (unpaired) electrons. The van der Waals surface area contributed by atoms with Crippen LogP contribution in [0.25, 0.3) is 0 Å². The van der Waals surface area contributed by atoms with E-state index in [1.54, 1.807) is 6.07 Å². The van der Waals surface area contributed by atoms with Crippen LogP contribution >= 0.6 is 11.6 Å². The van der Waals surface area contributed by atoms with E-state index in [1.807, 2.05) is 32.0 Å². The fraction of sp³-hybridized carbons (Fsp3) is 0.294. The van der Waals surface area contributed by atoms with E-state index in [1.165, 1.54) is 6.07 Å². The molecule has 1 atom stereocenters. The van der Waals surface area contributed by atoms with Crippen LogP contribution in [-0.4, -0.2) is 6.54 Å². The molecule has 112 valence electrons. The standard InChI is InChI=1S/C17H18ClF2N/c1-3-21-16(13-7-11(2)8-14(18)9-13)10-12-5-4-6-15(19)17(12)20/h4-9,16,21H,3,10H2,1-2H3. The molecule has 1 N–H and O–H groups in total. The van der Waals surface area contributed by atoms with Gasteiger partial charge in [-0.3, -0.25) is 0 Å². The summed E-state index contributed by atoms with van der Waals surface area (Å²) in [5, 5.41) is 3.95. The minimum Gasteiger partial charge on any atom is -0.310 e. The van der Waals surface area contributed by atoms with Gasteiger partial charge in [0.05, 0.1) is 0 Å². The van der Waals surface area contributed by atoms with Crippen LogP contribution in [0, 0.1) is 18.6 Å². The first-order valence-electron chi connectivity index (χ1n) is 6.94. The number of halogens is 3. The second kappa shape index (κ2) is 7.01. The lowest BCUT2D eigenvalue weighted by Gasteiger charge is -2.20. The summed E-state index contributed by atoms with van der Waals surface area (Å²) in [7, 11) is 0. The number of hydrogen-bond acceptors (Lipinski definition) is 1. The van der Waals surface area contributed by atoms with Crippen molar-refractivity contribution in [3.05, 3.63) is 69.7 Å².